The first-order valence-electron chi connectivity index (χ1n) is 10.5. The highest BCUT2D eigenvalue weighted by Crippen LogP contribution is 2.21. The predicted octanol–water partition coefficient (Wildman–Crippen LogP) is 1.98. The Morgan fingerprint density at radius 2 is 1.64 bits per heavy atom. The Morgan fingerprint density at radius 3 is 2.21 bits per heavy atom. The van der Waals surface area contributed by atoms with Crippen molar-refractivity contribution in [2.45, 2.75) is 24.8 Å². The van der Waals surface area contributed by atoms with Gasteiger partial charge < -0.3 is 10.2 Å². The van der Waals surface area contributed by atoms with Crippen LogP contribution >= 0.6 is 0 Å². The normalized spacial score (nSPS) is 15.7. The van der Waals surface area contributed by atoms with Crippen LogP contribution in [0, 0.1) is 23.1 Å². The maximum Gasteiger partial charge on any atom is 0.251 e. The van der Waals surface area contributed by atoms with Crippen molar-refractivity contribution < 1.29 is 22.4 Å². The molecule has 1 N–H and O–H groups in total. The molecule has 1 aliphatic rings. The molecule has 1 fully saturated rings. The number of carbonyl (C=O) groups is 2. The van der Waals surface area contributed by atoms with Gasteiger partial charge in [-0.15, -0.1) is 0 Å². The second-order valence-corrected chi connectivity index (χ2v) is 9.95. The zero-order chi connectivity index (χ0) is 24.2. The first kappa shape index (κ1) is 24.4. The van der Waals surface area contributed by atoms with E-state index in [1.807, 2.05) is 6.07 Å². The van der Waals surface area contributed by atoms with Crippen molar-refractivity contribution in [3.05, 3.63) is 65.5 Å². The molecule has 1 saturated heterocycles. The fourth-order valence-electron chi connectivity index (χ4n) is 3.61. The summed E-state index contributed by atoms with van der Waals surface area (Å²) in [6.45, 7) is 4.06. The minimum Gasteiger partial charge on any atom is -0.340 e. The number of amides is 2. The van der Waals surface area contributed by atoms with E-state index in [-0.39, 0.29) is 54.0 Å². The largest absolute Gasteiger partial charge is 0.340 e. The quantitative estimate of drug-likeness (QED) is 0.691. The standard InChI is InChI=1S/C23H25FN4O4S/c1-16(2)21(26-22(29)17-7-9-19(24)10-8-17)23(30)27-11-13-28(14-12-27)33(31,32)20-6-4-3-5-18(20)15-25/h3-10,16,21H,11-14H2,1-2H3,(H,26,29)/t21-/m0/s1. The minimum atomic E-state index is -3.88. The number of hydrogen-bond donors (Lipinski definition) is 1. The Balaban J connectivity index is 1.68. The third kappa shape index (κ3) is 5.38. The number of nitrogens with one attached hydrogen (secondary N) is 1. The van der Waals surface area contributed by atoms with E-state index in [9.17, 15) is 27.7 Å². The maximum atomic E-state index is 13.1. The Labute approximate surface area is 192 Å². The molecule has 0 spiro atoms. The fraction of sp³-hybridized carbons (Fsp3) is 0.348. The van der Waals surface area contributed by atoms with Crippen molar-refractivity contribution in [2.75, 3.05) is 26.2 Å². The van der Waals surface area contributed by atoms with Crippen LogP contribution in [-0.4, -0.2) is 61.7 Å². The third-order valence-electron chi connectivity index (χ3n) is 5.50. The lowest BCUT2D eigenvalue weighted by Gasteiger charge is -2.36. The molecule has 0 saturated carbocycles. The van der Waals surface area contributed by atoms with E-state index in [0.29, 0.717) is 0 Å². The average molecular weight is 473 g/mol. The Kier molecular flexibility index (Phi) is 7.46. The Hall–Kier alpha value is -3.29. The number of nitrogens with zero attached hydrogens (tertiary/aromatic N) is 3. The Bertz CT molecular complexity index is 1170. The first-order valence-corrected chi connectivity index (χ1v) is 11.9. The molecule has 1 heterocycles. The molecule has 1 aliphatic heterocycles. The summed E-state index contributed by atoms with van der Waals surface area (Å²) in [5, 5.41) is 11.9. The molecule has 0 radical (unpaired) electrons. The number of rotatable bonds is 6. The van der Waals surface area contributed by atoms with Crippen LogP contribution in [0.2, 0.25) is 0 Å². The number of carbonyl (C=O) groups excluding carboxylic acids is 2. The molecule has 33 heavy (non-hydrogen) atoms. The molecule has 3 rings (SSSR count). The molecule has 2 aromatic rings. The van der Waals surface area contributed by atoms with Crippen LogP contribution in [0.15, 0.2) is 53.4 Å². The summed E-state index contributed by atoms with van der Waals surface area (Å²) in [5.74, 6) is -1.48. The number of benzene rings is 2. The van der Waals surface area contributed by atoms with Crippen molar-refractivity contribution in [1.29, 1.82) is 5.26 Å². The third-order valence-corrected chi connectivity index (χ3v) is 7.46. The zero-order valence-electron chi connectivity index (χ0n) is 18.4. The molecule has 0 bridgehead atoms. The van der Waals surface area contributed by atoms with Gasteiger partial charge in [-0.2, -0.15) is 9.57 Å². The Morgan fingerprint density at radius 1 is 1.03 bits per heavy atom. The van der Waals surface area contributed by atoms with Crippen LogP contribution in [0.4, 0.5) is 4.39 Å². The van der Waals surface area contributed by atoms with Gasteiger partial charge in [0, 0.05) is 31.7 Å². The summed E-state index contributed by atoms with van der Waals surface area (Å²) in [6, 6.07) is 12.1. The first-order chi connectivity index (χ1) is 15.6. The SMILES string of the molecule is CC(C)[C@H](NC(=O)c1ccc(F)cc1)C(=O)N1CCN(S(=O)(=O)c2ccccc2C#N)CC1. The molecule has 0 aromatic heterocycles. The van der Waals surface area contributed by atoms with Crippen molar-refractivity contribution in [3.63, 3.8) is 0 Å². The average Bonchev–Trinajstić information content (AvgIpc) is 2.82. The van der Waals surface area contributed by atoms with Crippen LogP contribution in [-0.2, 0) is 14.8 Å². The van der Waals surface area contributed by atoms with Crippen LogP contribution in [0.3, 0.4) is 0 Å². The van der Waals surface area contributed by atoms with Gasteiger partial charge in [-0.05, 0) is 42.3 Å². The van der Waals surface area contributed by atoms with E-state index in [1.165, 1.54) is 45.6 Å². The lowest BCUT2D eigenvalue weighted by Crippen LogP contribution is -2.57. The molecular weight excluding hydrogens is 447 g/mol. The monoisotopic (exact) mass is 472 g/mol. The molecular formula is C23H25FN4O4S. The second kappa shape index (κ2) is 10.1. The lowest BCUT2D eigenvalue weighted by atomic mass is 10.0. The number of sulfonamides is 1. The smallest absolute Gasteiger partial charge is 0.251 e. The van der Waals surface area contributed by atoms with Gasteiger partial charge in [-0.3, -0.25) is 9.59 Å². The highest BCUT2D eigenvalue weighted by Gasteiger charge is 2.35. The van der Waals surface area contributed by atoms with Crippen molar-refractivity contribution >= 4 is 21.8 Å². The lowest BCUT2D eigenvalue weighted by molar-refractivity contribution is -0.135. The topological polar surface area (TPSA) is 111 Å². The van der Waals surface area contributed by atoms with E-state index in [1.54, 1.807) is 26.0 Å². The van der Waals surface area contributed by atoms with Gasteiger partial charge in [0.1, 0.15) is 17.9 Å². The molecule has 0 aliphatic carbocycles. The van der Waals surface area contributed by atoms with Gasteiger partial charge in [-0.1, -0.05) is 26.0 Å². The zero-order valence-corrected chi connectivity index (χ0v) is 19.2. The van der Waals surface area contributed by atoms with Crippen LogP contribution < -0.4 is 5.32 Å². The highest BCUT2D eigenvalue weighted by molar-refractivity contribution is 7.89. The van der Waals surface area contributed by atoms with Gasteiger partial charge >= 0.3 is 0 Å². The summed E-state index contributed by atoms with van der Waals surface area (Å²) in [6.07, 6.45) is 0. The van der Waals surface area contributed by atoms with Crippen molar-refractivity contribution in [3.8, 4) is 6.07 Å². The maximum absolute atomic E-state index is 13.1. The van der Waals surface area contributed by atoms with Crippen LogP contribution in [0.25, 0.3) is 0 Å². The predicted molar refractivity (Wildman–Crippen MR) is 119 cm³/mol. The summed E-state index contributed by atoms with van der Waals surface area (Å²) in [4.78, 5) is 27.1. The van der Waals surface area contributed by atoms with Gasteiger partial charge in [0.05, 0.1) is 10.5 Å². The molecule has 174 valence electrons. The summed E-state index contributed by atoms with van der Waals surface area (Å²) in [7, 11) is -3.88. The molecule has 10 heteroatoms. The van der Waals surface area contributed by atoms with E-state index in [0.717, 1.165) is 0 Å². The number of piperazine rings is 1. The van der Waals surface area contributed by atoms with Gasteiger partial charge in [0.15, 0.2) is 0 Å². The van der Waals surface area contributed by atoms with E-state index < -0.39 is 27.8 Å². The van der Waals surface area contributed by atoms with E-state index in [4.69, 9.17) is 0 Å². The molecule has 8 nitrogen and oxygen atoms in total. The van der Waals surface area contributed by atoms with E-state index in [2.05, 4.69) is 5.32 Å². The van der Waals surface area contributed by atoms with Gasteiger partial charge in [0.2, 0.25) is 15.9 Å². The number of nitriles is 1. The van der Waals surface area contributed by atoms with Gasteiger partial charge in [-0.25, -0.2) is 12.8 Å². The van der Waals surface area contributed by atoms with Crippen LogP contribution in [0.5, 0.6) is 0 Å². The van der Waals surface area contributed by atoms with Crippen LogP contribution in [0.1, 0.15) is 29.8 Å². The number of halogens is 1. The minimum absolute atomic E-state index is 0.0566. The second-order valence-electron chi connectivity index (χ2n) is 8.04. The van der Waals surface area contributed by atoms with Gasteiger partial charge in [0.25, 0.3) is 5.91 Å². The van der Waals surface area contributed by atoms with Crippen molar-refractivity contribution in [1.82, 2.24) is 14.5 Å². The number of hydrogen-bond acceptors (Lipinski definition) is 5. The molecule has 2 aromatic carbocycles. The summed E-state index contributed by atoms with van der Waals surface area (Å²) >= 11 is 0. The van der Waals surface area contributed by atoms with Crippen molar-refractivity contribution in [2.24, 2.45) is 5.92 Å². The molecule has 0 unspecified atom stereocenters. The summed E-state index contributed by atoms with van der Waals surface area (Å²) in [5.41, 5.74) is 0.307. The molecule has 2 amide bonds. The van der Waals surface area contributed by atoms with E-state index >= 15 is 0 Å². The fourth-order valence-corrected chi connectivity index (χ4v) is 5.17. The molecule has 1 atom stereocenters. The summed E-state index contributed by atoms with van der Waals surface area (Å²) < 4.78 is 40.4. The highest BCUT2D eigenvalue weighted by atomic mass is 32.2.